The number of halogens is 14. The van der Waals surface area contributed by atoms with Crippen molar-refractivity contribution < 1.29 is 70.9 Å². The van der Waals surface area contributed by atoms with Crippen LogP contribution in [0.5, 0.6) is 0 Å². The van der Waals surface area contributed by atoms with Gasteiger partial charge >= 0.3 is 41.6 Å². The molecule has 0 spiro atoms. The van der Waals surface area contributed by atoms with E-state index in [9.17, 15) is 61.5 Å². The molecule has 0 aromatic rings. The molecule has 0 saturated heterocycles. The predicted octanol–water partition coefficient (Wildman–Crippen LogP) is 7.27. The molecule has 0 saturated carbocycles. The Hall–Kier alpha value is -1.06. The third-order valence-corrected chi connectivity index (χ3v) is 4.01. The first-order valence-corrected chi connectivity index (χ1v) is 8.84. The molecule has 0 N–H and O–H groups in total. The maximum atomic E-state index is 13.8. The number of ether oxygens (including phenoxy) is 2. The number of hydrogen-bond acceptors (Lipinski definition) is 2. The molecule has 0 heterocycles. The first-order chi connectivity index (χ1) is 13.9. The molecule has 0 bridgehead atoms. The third-order valence-electron chi connectivity index (χ3n) is 4.01. The van der Waals surface area contributed by atoms with Crippen LogP contribution in [0.4, 0.5) is 61.5 Å². The molecule has 0 fully saturated rings. The summed E-state index contributed by atoms with van der Waals surface area (Å²) in [5, 5.41) is 0. The van der Waals surface area contributed by atoms with Crippen LogP contribution >= 0.6 is 0 Å². The first-order valence-electron chi connectivity index (χ1n) is 8.84. The molecule has 0 aliphatic heterocycles. The Morgan fingerprint density at radius 2 is 0.788 bits per heavy atom. The summed E-state index contributed by atoms with van der Waals surface area (Å²) in [6.07, 6.45) is -5.42. The van der Waals surface area contributed by atoms with Gasteiger partial charge in [-0.2, -0.15) is 61.5 Å². The maximum absolute atomic E-state index is 13.8. The first kappa shape index (κ1) is 31.9. The van der Waals surface area contributed by atoms with Crippen LogP contribution in [-0.4, -0.2) is 60.5 Å². The van der Waals surface area contributed by atoms with E-state index in [1.165, 1.54) is 0 Å². The Labute approximate surface area is 179 Å². The maximum Gasteiger partial charge on any atom is 0.422 e. The summed E-state index contributed by atoms with van der Waals surface area (Å²) in [7, 11) is 0. The van der Waals surface area contributed by atoms with E-state index in [-0.39, 0.29) is 20.8 Å². The predicted molar refractivity (Wildman–Crippen MR) is 85.7 cm³/mol. The van der Waals surface area contributed by atoms with Gasteiger partial charge in [0, 0.05) is 5.41 Å². The smallest absolute Gasteiger partial charge is 0.368 e. The zero-order chi connectivity index (χ0) is 27.3. The van der Waals surface area contributed by atoms with Crippen molar-refractivity contribution >= 4 is 0 Å². The standard InChI is InChI=1S/C17H22F14O2/c1-9(2,3)13(22,23)15(26,27)16(28,29)14(24,25)11(18,19)7-32-8-12(20,21)17(30,31)33-10(4,5)6/h7-8H2,1-6H3. The Bertz CT molecular complexity index is 674. The van der Waals surface area contributed by atoms with Crippen molar-refractivity contribution in [2.75, 3.05) is 13.2 Å². The van der Waals surface area contributed by atoms with Gasteiger partial charge in [0.1, 0.15) is 13.2 Å². The van der Waals surface area contributed by atoms with Crippen molar-refractivity contribution in [3.8, 4) is 0 Å². The fraction of sp³-hybridized carbons (Fsp3) is 1.00. The van der Waals surface area contributed by atoms with Crippen molar-refractivity contribution in [3.63, 3.8) is 0 Å². The van der Waals surface area contributed by atoms with Gasteiger partial charge in [0.25, 0.3) is 0 Å². The molecule has 33 heavy (non-hydrogen) atoms. The number of alkyl halides is 14. The Morgan fingerprint density at radius 1 is 0.455 bits per heavy atom. The van der Waals surface area contributed by atoms with Gasteiger partial charge in [-0.05, 0) is 20.8 Å². The van der Waals surface area contributed by atoms with Crippen molar-refractivity contribution in [1.82, 2.24) is 0 Å². The summed E-state index contributed by atoms with van der Waals surface area (Å²) in [4.78, 5) is 0. The highest BCUT2D eigenvalue weighted by atomic mass is 19.4. The van der Waals surface area contributed by atoms with Gasteiger partial charge in [0.15, 0.2) is 0 Å². The van der Waals surface area contributed by atoms with E-state index >= 15 is 0 Å². The summed E-state index contributed by atoms with van der Waals surface area (Å²) < 4.78 is 198. The second kappa shape index (κ2) is 8.55. The fourth-order valence-corrected chi connectivity index (χ4v) is 2.04. The van der Waals surface area contributed by atoms with E-state index in [0.29, 0.717) is 0 Å². The highest BCUT2D eigenvalue weighted by Crippen LogP contribution is 2.60. The summed E-state index contributed by atoms with van der Waals surface area (Å²) in [5.74, 6) is -39.7. The molecule has 0 amide bonds. The summed E-state index contributed by atoms with van der Waals surface area (Å²) >= 11 is 0. The topological polar surface area (TPSA) is 18.5 Å². The average Bonchev–Trinajstić information content (AvgIpc) is 2.49. The summed E-state index contributed by atoms with van der Waals surface area (Å²) in [6.45, 7) is -2.70. The van der Waals surface area contributed by atoms with E-state index in [4.69, 9.17) is 0 Å². The highest BCUT2D eigenvalue weighted by Gasteiger charge is 2.87. The molecule has 0 aliphatic rings. The molecular formula is C17H22F14O2. The molecule has 0 radical (unpaired) electrons. The molecule has 0 aliphatic carbocycles. The molecule has 2 nitrogen and oxygen atoms in total. The molecule has 0 unspecified atom stereocenters. The lowest BCUT2D eigenvalue weighted by molar-refractivity contribution is -0.418. The van der Waals surface area contributed by atoms with Crippen molar-refractivity contribution in [1.29, 1.82) is 0 Å². The molecule has 16 heteroatoms. The van der Waals surface area contributed by atoms with Crippen molar-refractivity contribution in [3.05, 3.63) is 0 Å². The highest BCUT2D eigenvalue weighted by molar-refractivity contribution is 5.10. The molecule has 0 aromatic heterocycles. The van der Waals surface area contributed by atoms with Crippen molar-refractivity contribution in [2.24, 2.45) is 5.41 Å². The number of hydrogen-bond donors (Lipinski definition) is 0. The van der Waals surface area contributed by atoms with Crippen LogP contribution in [0.25, 0.3) is 0 Å². The van der Waals surface area contributed by atoms with Gasteiger partial charge in [0.05, 0.1) is 5.60 Å². The lowest BCUT2D eigenvalue weighted by Gasteiger charge is -2.43. The van der Waals surface area contributed by atoms with Crippen LogP contribution in [0.3, 0.4) is 0 Å². The Morgan fingerprint density at radius 3 is 1.12 bits per heavy atom. The lowest BCUT2D eigenvalue weighted by atomic mass is 9.80. The van der Waals surface area contributed by atoms with E-state index in [0.717, 1.165) is 20.8 Å². The van der Waals surface area contributed by atoms with E-state index < -0.39 is 65.9 Å². The van der Waals surface area contributed by atoms with Crippen LogP contribution in [-0.2, 0) is 9.47 Å². The minimum Gasteiger partial charge on any atom is -0.368 e. The van der Waals surface area contributed by atoms with Crippen molar-refractivity contribution in [2.45, 2.75) is 88.8 Å². The van der Waals surface area contributed by atoms with Gasteiger partial charge in [-0.3, -0.25) is 0 Å². The molecule has 200 valence electrons. The zero-order valence-electron chi connectivity index (χ0n) is 18.0. The van der Waals surface area contributed by atoms with Gasteiger partial charge in [-0.1, -0.05) is 20.8 Å². The minimum atomic E-state index is -7.44. The molecule has 0 atom stereocenters. The minimum absolute atomic E-state index is 0.234. The summed E-state index contributed by atoms with van der Waals surface area (Å²) in [6, 6.07) is 0. The lowest BCUT2D eigenvalue weighted by Crippen LogP contribution is -2.70. The Balaban J connectivity index is 5.81. The van der Waals surface area contributed by atoms with E-state index in [1.807, 2.05) is 0 Å². The fourth-order valence-electron chi connectivity index (χ4n) is 2.04. The summed E-state index contributed by atoms with van der Waals surface area (Å²) in [5.41, 5.74) is -5.06. The Kier molecular flexibility index (Phi) is 8.28. The van der Waals surface area contributed by atoms with Gasteiger partial charge in [-0.15, -0.1) is 0 Å². The largest absolute Gasteiger partial charge is 0.422 e. The third kappa shape index (κ3) is 5.78. The van der Waals surface area contributed by atoms with Gasteiger partial charge < -0.3 is 9.47 Å². The zero-order valence-corrected chi connectivity index (χ0v) is 18.0. The van der Waals surface area contributed by atoms with Gasteiger partial charge in [0.2, 0.25) is 0 Å². The van der Waals surface area contributed by atoms with Crippen LogP contribution in [0, 0.1) is 5.41 Å². The van der Waals surface area contributed by atoms with Gasteiger partial charge in [-0.25, -0.2) is 0 Å². The average molecular weight is 524 g/mol. The van der Waals surface area contributed by atoms with Crippen LogP contribution < -0.4 is 0 Å². The molecule has 0 rings (SSSR count). The molecule has 0 aromatic carbocycles. The van der Waals surface area contributed by atoms with Crippen LogP contribution in [0.1, 0.15) is 41.5 Å². The SMILES string of the molecule is CC(C)(C)OC(F)(F)C(F)(F)COCC(F)(F)C(F)(F)C(F)(F)C(F)(F)C(F)(F)C(C)(C)C. The van der Waals surface area contributed by atoms with E-state index in [2.05, 4.69) is 9.47 Å². The monoisotopic (exact) mass is 524 g/mol. The normalized spacial score (nSPS) is 16.4. The van der Waals surface area contributed by atoms with Crippen LogP contribution in [0.15, 0.2) is 0 Å². The second-order valence-corrected chi connectivity index (χ2v) is 9.18. The quantitative estimate of drug-likeness (QED) is 0.280. The van der Waals surface area contributed by atoms with Crippen LogP contribution in [0.2, 0.25) is 0 Å². The second-order valence-electron chi connectivity index (χ2n) is 9.18. The molecular weight excluding hydrogens is 502 g/mol. The number of rotatable bonds is 10. The van der Waals surface area contributed by atoms with E-state index in [1.54, 1.807) is 0 Å².